The fourth-order valence-electron chi connectivity index (χ4n) is 5.65. The summed E-state index contributed by atoms with van der Waals surface area (Å²) in [6.45, 7) is 0.294. The molecule has 0 radical (unpaired) electrons. The molecule has 0 spiro atoms. The van der Waals surface area contributed by atoms with Crippen molar-refractivity contribution >= 4 is 40.6 Å². The van der Waals surface area contributed by atoms with Gasteiger partial charge in [-0.25, -0.2) is 0 Å². The summed E-state index contributed by atoms with van der Waals surface area (Å²) in [6, 6.07) is 37.5. The molecular weight excluding hydrogens is 765 g/mol. The molecule has 5 rings (SSSR count). The normalized spacial score (nSPS) is 14.4. The van der Waals surface area contributed by atoms with Crippen LogP contribution in [0.5, 0.6) is 0 Å². The van der Waals surface area contributed by atoms with Gasteiger partial charge in [0.1, 0.15) is 0 Å². The van der Waals surface area contributed by atoms with Gasteiger partial charge in [0, 0.05) is 6.42 Å². The van der Waals surface area contributed by atoms with Gasteiger partial charge in [-0.2, -0.15) is 0 Å². The van der Waals surface area contributed by atoms with Gasteiger partial charge in [-0.15, -0.1) is 0 Å². The van der Waals surface area contributed by atoms with Crippen LogP contribution in [0.1, 0.15) is 29.8 Å². The molecule has 47 heavy (non-hydrogen) atoms. The summed E-state index contributed by atoms with van der Waals surface area (Å²) in [6.07, 6.45) is -0.952. The molecule has 0 bridgehead atoms. The summed E-state index contributed by atoms with van der Waals surface area (Å²) in [7, 11) is 16.8. The van der Waals surface area contributed by atoms with Crippen molar-refractivity contribution in [3.63, 3.8) is 0 Å². The van der Waals surface area contributed by atoms with Gasteiger partial charge in [0.15, 0.2) is 0 Å². The average molecular weight is 813 g/mol. The second kappa shape index (κ2) is 16.6. The number of nitrogens with zero attached hydrogens (tertiary/aromatic N) is 6. The van der Waals surface area contributed by atoms with Crippen LogP contribution in [0.4, 0.5) is 22.7 Å². The van der Waals surface area contributed by atoms with Gasteiger partial charge in [0.05, 0.1) is 12.2 Å². The van der Waals surface area contributed by atoms with Crippen molar-refractivity contribution in [1.29, 1.82) is 0 Å². The van der Waals surface area contributed by atoms with E-state index in [1.807, 2.05) is 60.7 Å². The Morgan fingerprint density at radius 2 is 1.06 bits per heavy atom. The maximum absolute atomic E-state index is 9.99. The molecule has 0 amide bonds. The monoisotopic (exact) mass is 812 g/mol. The third kappa shape index (κ3) is 8.95. The van der Waals surface area contributed by atoms with E-state index < -0.39 is 12.2 Å². The molecule has 1 saturated heterocycles. The number of benzene rings is 4. The Labute approximate surface area is 293 Å². The van der Waals surface area contributed by atoms with E-state index in [1.54, 1.807) is 0 Å². The summed E-state index contributed by atoms with van der Waals surface area (Å²) < 4.78 is 1.17. The Kier molecular flexibility index (Phi) is 12.9. The fraction of sp³-hybridized carbons (Fsp3) is 0.306. The number of rotatable bonds is 10. The maximum atomic E-state index is 9.99. The van der Waals surface area contributed by atoms with E-state index in [1.165, 1.54) is 15.5 Å². The predicted octanol–water partition coefficient (Wildman–Crippen LogP) is 4.60. The first-order valence-corrected chi connectivity index (χ1v) is 16.9. The predicted molar refractivity (Wildman–Crippen MR) is 197 cm³/mol. The van der Waals surface area contributed by atoms with Crippen LogP contribution < -0.4 is 19.4 Å². The Balaban J connectivity index is 0.000000248. The standard InChI is InChI=1S/C21H31B2N6.C15H16O2.Pt/c1-24(2)18-9-13-20(14-10-18)28-17-29(23(27(7)8)22(28)26(5)6)21-15-11-19(12-16-21)25(3)4;16-14(12-7-3-1-4-8-12)11-15(17)13-9-5-2-6-10-13;/h9-15H,1-8H3;1-10,14-17H,11H2;/q-1;;. The molecule has 4 aromatic carbocycles. The minimum atomic E-state index is -0.633. The Hall–Kier alpha value is -3.39. The Morgan fingerprint density at radius 1 is 0.617 bits per heavy atom. The van der Waals surface area contributed by atoms with Gasteiger partial charge in [-0.1, -0.05) is 60.7 Å². The molecule has 0 aliphatic carbocycles. The van der Waals surface area contributed by atoms with Crippen molar-refractivity contribution in [3.8, 4) is 0 Å². The maximum Gasteiger partial charge on any atom is 0.0818 e. The summed E-state index contributed by atoms with van der Waals surface area (Å²) in [5.41, 5.74) is 6.27. The minimum absolute atomic E-state index is 0.141. The van der Waals surface area contributed by atoms with Crippen LogP contribution in [0, 0.1) is 6.07 Å². The molecule has 0 saturated carbocycles. The smallest absolute Gasteiger partial charge is 0.0818 e. The molecule has 1 heterocycles. The van der Waals surface area contributed by atoms with Crippen LogP contribution in [0.25, 0.3) is 0 Å². The molecule has 2 unspecified atom stereocenters. The van der Waals surface area contributed by atoms with Crippen LogP contribution in [-0.2, 0) is 19.4 Å². The molecule has 4 aromatic rings. The van der Waals surface area contributed by atoms with Crippen LogP contribution in [0.2, 0.25) is 0 Å². The molecule has 2 atom stereocenters. The van der Waals surface area contributed by atoms with E-state index >= 15 is 0 Å². The van der Waals surface area contributed by atoms with Crippen LogP contribution >= 0.6 is 0 Å². The summed E-state index contributed by atoms with van der Waals surface area (Å²) in [4.78, 5) is 13.6. The van der Waals surface area contributed by atoms with Crippen LogP contribution in [0.15, 0.2) is 103 Å². The van der Waals surface area contributed by atoms with E-state index in [-0.39, 0.29) is 13.7 Å². The zero-order valence-corrected chi connectivity index (χ0v) is 31.0. The van der Waals surface area contributed by atoms with Gasteiger partial charge in [0.25, 0.3) is 0 Å². The third-order valence-electron chi connectivity index (χ3n) is 8.24. The second-order valence-corrected chi connectivity index (χ2v) is 13.6. The number of aliphatic hydroxyl groups is 2. The third-order valence-corrected chi connectivity index (χ3v) is 9.33. The fourth-order valence-corrected chi connectivity index (χ4v) is 6.82. The summed E-state index contributed by atoms with van der Waals surface area (Å²) in [5, 5.41) is 20.0. The molecule has 8 nitrogen and oxygen atoms in total. The largest absolute Gasteiger partial charge is 0.388 e. The molecule has 11 heteroatoms. The van der Waals surface area contributed by atoms with Gasteiger partial charge in [-0.3, -0.25) is 0 Å². The first-order chi connectivity index (χ1) is 22.4. The van der Waals surface area contributed by atoms with Crippen molar-refractivity contribution in [3.05, 3.63) is 120 Å². The van der Waals surface area contributed by atoms with Gasteiger partial charge < -0.3 is 10.2 Å². The van der Waals surface area contributed by atoms with Crippen LogP contribution in [-0.4, -0.2) is 94.1 Å². The van der Waals surface area contributed by atoms with Gasteiger partial charge in [-0.05, 0) is 11.1 Å². The van der Waals surface area contributed by atoms with Gasteiger partial charge >= 0.3 is 194 Å². The molecule has 1 aliphatic heterocycles. The van der Waals surface area contributed by atoms with E-state index in [9.17, 15) is 10.2 Å². The van der Waals surface area contributed by atoms with Crippen molar-refractivity contribution in [2.24, 2.45) is 0 Å². The first-order valence-electron chi connectivity index (χ1n) is 15.7. The van der Waals surface area contributed by atoms with Crippen LogP contribution in [0.3, 0.4) is 0 Å². The molecular formula is C36H47B2N6O2Pt-. The molecule has 1 fully saturated rings. The van der Waals surface area contributed by atoms with Crippen molar-refractivity contribution in [2.45, 2.75) is 18.6 Å². The average Bonchev–Trinajstić information content (AvgIpc) is 3.39. The second-order valence-electron chi connectivity index (χ2n) is 12.6. The van der Waals surface area contributed by atoms with Crippen molar-refractivity contribution in [2.75, 3.05) is 75.8 Å². The summed E-state index contributed by atoms with van der Waals surface area (Å²) in [5.74, 6) is 0. The van der Waals surface area contributed by atoms with Crippen molar-refractivity contribution in [1.82, 2.24) is 9.62 Å². The minimum Gasteiger partial charge on any atom is -0.388 e. The summed E-state index contributed by atoms with van der Waals surface area (Å²) >= 11 is 2.46. The topological polar surface area (TPSA) is 59.9 Å². The first kappa shape index (κ1) is 36.4. The number of anilines is 4. The number of hydrogen-bond donors (Lipinski definition) is 2. The number of hydrogen-bond acceptors (Lipinski definition) is 8. The SMILES string of the molecule is CN(C)B1B(N(C)C)N(c2ccc(N(C)C)cc2)[C](=[Pt])N1c1[c-]cc(N(C)C)cc1.OC(CC(O)c1ccccc1)c1ccccc1. The quantitative estimate of drug-likeness (QED) is 0.178. The molecule has 1 aliphatic rings. The molecule has 0 aromatic heterocycles. The Bertz CT molecular complexity index is 1430. The van der Waals surface area contributed by atoms with Gasteiger partial charge in [0.2, 0.25) is 0 Å². The molecule has 250 valence electrons. The van der Waals surface area contributed by atoms with E-state index in [2.05, 4.69) is 153 Å². The zero-order valence-electron chi connectivity index (χ0n) is 28.7. The number of aliphatic hydroxyl groups excluding tert-OH is 2. The van der Waals surface area contributed by atoms with E-state index in [0.29, 0.717) is 6.42 Å². The molecule has 2 N–H and O–H groups in total. The Morgan fingerprint density at radius 3 is 1.47 bits per heavy atom. The van der Waals surface area contributed by atoms with E-state index in [0.717, 1.165) is 22.5 Å². The van der Waals surface area contributed by atoms with Crippen molar-refractivity contribution < 1.29 is 29.6 Å². The van der Waals surface area contributed by atoms with E-state index in [4.69, 9.17) is 0 Å². The zero-order chi connectivity index (χ0) is 34.2.